The Labute approximate surface area is 755 Å². The van der Waals surface area contributed by atoms with E-state index < -0.39 is 6.37 Å². The van der Waals surface area contributed by atoms with Crippen molar-refractivity contribution < 1.29 is 43.2 Å². The molecule has 9 aromatic heterocycles. The highest BCUT2D eigenvalue weighted by Crippen LogP contribution is 2.43. The van der Waals surface area contributed by atoms with Gasteiger partial charge in [0.2, 0.25) is 33.8 Å². The number of rotatable bonds is 11. The molecular weight excluding hydrogens is 1580 g/mol. The number of fused-ring (bicyclic) bond motifs is 11. The van der Waals surface area contributed by atoms with Gasteiger partial charge in [-0.15, -0.1) is 0 Å². The fourth-order valence-electron chi connectivity index (χ4n) is 18.4. The Morgan fingerprint density at radius 2 is 0.734 bits per heavy atom. The Bertz CT molecular complexity index is 7730. The molecule has 0 amide bonds. The predicted molar refractivity (Wildman–Crippen MR) is 523 cm³/mol. The van der Waals surface area contributed by atoms with Crippen LogP contribution in [0.3, 0.4) is 0 Å². The van der Waals surface area contributed by atoms with Crippen LogP contribution in [0.2, 0.25) is 0 Å². The molecule has 12 nitrogen and oxygen atoms in total. The number of aromatic nitrogens is 10. The normalized spacial score (nSPS) is 11.9. The van der Waals surface area contributed by atoms with Gasteiger partial charge in [-0.25, -0.2) is 32.5 Å². The second-order valence-electron chi connectivity index (χ2n) is 36.5. The first kappa shape index (κ1) is 86.9. The number of aryl methyl sites for hydroxylation is 13. The average molecular weight is 1700 g/mol. The summed E-state index contributed by atoms with van der Waals surface area (Å²) in [5.41, 5.74) is 38.5. The Kier molecular flexibility index (Phi) is 24.9. The van der Waals surface area contributed by atoms with E-state index in [1.54, 1.807) is 0 Å². The van der Waals surface area contributed by atoms with Crippen LogP contribution in [0, 0.1) is 133 Å². The lowest BCUT2D eigenvalue weighted by atomic mass is 9.94. The predicted octanol–water partition coefficient (Wildman–Crippen LogP) is 25.9. The molecule has 0 saturated heterocycles. The van der Waals surface area contributed by atoms with Crippen molar-refractivity contribution >= 4 is 98.7 Å². The fourth-order valence-corrected chi connectivity index (χ4v) is 18.4. The highest BCUT2D eigenvalue weighted by atomic mass is 19.1. The van der Waals surface area contributed by atoms with Gasteiger partial charge in [0.25, 0.3) is 19.0 Å². The lowest BCUT2D eigenvalue weighted by molar-refractivity contribution is -0.662. The minimum atomic E-state index is -1.41. The lowest BCUT2D eigenvalue weighted by Crippen LogP contribution is -2.32. The van der Waals surface area contributed by atoms with Crippen LogP contribution in [0.25, 0.3) is 155 Å². The summed E-state index contributed by atoms with van der Waals surface area (Å²) in [7, 11) is 10.2. The highest BCUT2D eigenvalue weighted by Gasteiger charge is 2.30. The molecule has 128 heavy (non-hydrogen) atoms. The van der Waals surface area contributed by atoms with Crippen LogP contribution in [0.4, 0.5) is 8.78 Å². The van der Waals surface area contributed by atoms with E-state index in [0.29, 0.717) is 40.0 Å². The SMILES string of the molecule is Cc1cc(-c2c3ccc(CC(C)C)cc3nc[n+]2C)c(C)c(C)c1F.Cc1cc(-c2c3ccccc3nc[n+]2C)c(C)c(C)c1F.Cc1cc(C)c(C)c(-c2c3ccccc3nc[n+]2C)c1.Cc1ccc2c(n1)oc1c(-c3ccc4c(CC(C)C)cccc4[n+]3C)c(C)c(C)cc12.[2H]C([2H])(c1cccc2c1ccc(-c1c(C)c(C)cc3c1oc1nc(C)ccc13)[n+]2C)C(C)C. The molecule has 0 spiro atoms. The molecule has 0 unspecified atom stereocenters. The molecule has 0 atom stereocenters. The zero-order valence-corrected chi connectivity index (χ0v) is 79.3. The average Bonchev–Trinajstić information content (AvgIpc) is 1.51. The molecule has 10 aromatic carbocycles. The van der Waals surface area contributed by atoms with Crippen LogP contribution in [-0.4, -0.2) is 24.9 Å². The second-order valence-corrected chi connectivity index (χ2v) is 36.5. The Morgan fingerprint density at radius 1 is 0.336 bits per heavy atom. The number of para-hydroxylation sites is 2. The van der Waals surface area contributed by atoms with E-state index in [0.717, 1.165) is 162 Å². The topological polar surface area (TPSA) is 110 Å². The third-order valence-electron chi connectivity index (χ3n) is 25.7. The van der Waals surface area contributed by atoms with Crippen molar-refractivity contribution in [2.45, 2.75) is 165 Å². The molecule has 19 aromatic rings. The van der Waals surface area contributed by atoms with Gasteiger partial charge < -0.3 is 8.83 Å². The van der Waals surface area contributed by atoms with E-state index in [1.165, 1.54) is 77.6 Å². The molecule has 0 aliphatic rings. The van der Waals surface area contributed by atoms with Crippen LogP contribution >= 0.6 is 0 Å². The molecule has 0 radical (unpaired) electrons. The summed E-state index contributed by atoms with van der Waals surface area (Å²) in [5.74, 6) is 0.888. The second kappa shape index (κ2) is 36.6. The van der Waals surface area contributed by atoms with Crippen molar-refractivity contribution in [1.29, 1.82) is 0 Å². The van der Waals surface area contributed by atoms with Gasteiger partial charge in [-0.3, -0.25) is 0 Å². The minimum Gasteiger partial charge on any atom is -0.437 e. The monoisotopic (exact) mass is 1700 g/mol. The first-order chi connectivity index (χ1) is 61.8. The third-order valence-corrected chi connectivity index (χ3v) is 25.7. The highest BCUT2D eigenvalue weighted by molar-refractivity contribution is 6.11. The molecule has 0 aliphatic heterocycles. The fraction of sp³-hybridized carbons (Fsp3) is 0.281. The maximum absolute atomic E-state index is 14.3. The van der Waals surface area contributed by atoms with Gasteiger partial charge in [0.1, 0.15) is 42.8 Å². The van der Waals surface area contributed by atoms with Crippen molar-refractivity contribution in [3.63, 3.8) is 0 Å². The number of pyridine rings is 4. The molecule has 0 fully saturated rings. The molecule has 19 rings (SSSR count). The zero-order chi connectivity index (χ0) is 93.2. The summed E-state index contributed by atoms with van der Waals surface area (Å²) in [6, 6.07) is 65.2. The summed E-state index contributed by atoms with van der Waals surface area (Å²) >= 11 is 0. The van der Waals surface area contributed by atoms with Gasteiger partial charge in [0.15, 0.2) is 27.7 Å². The number of benzene rings is 10. The van der Waals surface area contributed by atoms with Crippen LogP contribution in [-0.2, 0) is 54.5 Å². The smallest absolute Gasteiger partial charge is 0.287 e. The maximum Gasteiger partial charge on any atom is 0.287 e. The van der Waals surface area contributed by atoms with E-state index in [1.807, 2.05) is 173 Å². The van der Waals surface area contributed by atoms with Gasteiger partial charge in [0, 0.05) is 87.4 Å². The van der Waals surface area contributed by atoms with Gasteiger partial charge in [-0.05, 0) is 342 Å². The van der Waals surface area contributed by atoms with Crippen molar-refractivity contribution in [1.82, 2.24) is 24.9 Å². The Morgan fingerprint density at radius 3 is 1.19 bits per heavy atom. The number of furan rings is 2. The van der Waals surface area contributed by atoms with Crippen molar-refractivity contribution in [2.75, 3.05) is 0 Å². The van der Waals surface area contributed by atoms with E-state index in [2.05, 4.69) is 262 Å². The van der Waals surface area contributed by atoms with Crippen LogP contribution in [0.1, 0.15) is 145 Å². The van der Waals surface area contributed by atoms with Gasteiger partial charge in [-0.2, -0.15) is 9.13 Å². The van der Waals surface area contributed by atoms with E-state index in [-0.39, 0.29) is 17.6 Å². The molecule has 14 heteroatoms. The number of hydrogen-bond acceptors (Lipinski definition) is 7. The molecular formula is C114H121F2N10O2+5. The van der Waals surface area contributed by atoms with Crippen molar-refractivity contribution in [2.24, 2.45) is 53.0 Å². The molecule has 9 heterocycles. The Balaban J connectivity index is 0.000000126. The molecule has 0 bridgehead atoms. The zero-order valence-electron chi connectivity index (χ0n) is 81.3. The summed E-state index contributed by atoms with van der Waals surface area (Å²) < 4.78 is 69.0. The van der Waals surface area contributed by atoms with Crippen LogP contribution in [0.15, 0.2) is 216 Å². The van der Waals surface area contributed by atoms with Crippen LogP contribution in [0.5, 0.6) is 0 Å². The van der Waals surface area contributed by atoms with E-state index >= 15 is 0 Å². The number of hydrogen-bond donors (Lipinski definition) is 0. The van der Waals surface area contributed by atoms with Crippen LogP contribution < -0.4 is 22.8 Å². The summed E-state index contributed by atoms with van der Waals surface area (Å²) in [6.45, 7) is 43.3. The Hall–Kier alpha value is -13.2. The largest absolute Gasteiger partial charge is 0.437 e. The maximum atomic E-state index is 14.3. The number of halogens is 2. The lowest BCUT2D eigenvalue weighted by Gasteiger charge is -2.14. The summed E-state index contributed by atoms with van der Waals surface area (Å²) in [4.78, 5) is 22.8. The molecule has 0 N–H and O–H groups in total. The van der Waals surface area contributed by atoms with E-state index in [9.17, 15) is 8.78 Å². The molecule has 648 valence electrons. The number of nitrogens with zero attached hydrogens (tertiary/aromatic N) is 10. The molecule has 0 saturated carbocycles. The standard InChI is InChI=1S/2C28H29N2O.C22H26FN2.C18H18FN2.C18H19N2/c2*1-16(2)14-20-8-7-9-24-21(20)12-13-25(30(24)6)26-19(5)17(3)15-23-22-11-10-18(4)29-28(22)31-27(23)26;1-13(2)9-17-7-8-18-20(11-17)24-12-25(6)22(18)19-10-14(3)21(23)16(5)15(19)4;1-11-9-15(12(2)13(3)17(11)19)18-14-7-5-6-8-16(14)20-10-21(18)4;1-12-9-13(2)14(3)16(10-12)18-15-7-5-6-8-17(15)19-11-20(18)4/h2*7-13,15-16H,14H2,1-6H3;7-8,10-13H,9H2,1-6H3;5-10H,1-4H3;5-11H,1-4H3/q5*+1/i14D2;;;;. The van der Waals surface area contributed by atoms with E-state index in [4.69, 9.17) is 11.6 Å². The van der Waals surface area contributed by atoms with Gasteiger partial charge in [-0.1, -0.05) is 108 Å². The molecule has 0 aliphatic carbocycles. The van der Waals surface area contributed by atoms with Crippen molar-refractivity contribution in [3.05, 3.63) is 319 Å². The third kappa shape index (κ3) is 17.4. The van der Waals surface area contributed by atoms with Gasteiger partial charge >= 0.3 is 0 Å². The quantitative estimate of drug-likeness (QED) is 0.119. The summed E-state index contributed by atoms with van der Waals surface area (Å²) in [5, 5.41) is 9.95. The minimum absolute atomic E-state index is 0.110. The summed E-state index contributed by atoms with van der Waals surface area (Å²) in [6.07, 6.45) is 6.27. The van der Waals surface area contributed by atoms with Gasteiger partial charge in [0.05, 0.1) is 48.4 Å². The van der Waals surface area contributed by atoms with Crippen molar-refractivity contribution in [3.8, 4) is 56.3 Å². The first-order valence-electron chi connectivity index (χ1n) is 45.6. The first-order valence-corrected chi connectivity index (χ1v) is 44.6.